The van der Waals surface area contributed by atoms with Crippen LogP contribution in [0.15, 0.2) is 48.6 Å². The smallest absolute Gasteiger partial charge is 0.355 e. The average Bonchev–Trinajstić information content (AvgIpc) is 3.57. The molecule has 1 aliphatic heterocycles. The molecule has 0 spiro atoms. The Labute approximate surface area is 214 Å². The van der Waals surface area contributed by atoms with E-state index in [0.717, 1.165) is 0 Å². The number of hydrogen-bond acceptors (Lipinski definition) is 7. The monoisotopic (exact) mass is 506 g/mol. The van der Waals surface area contributed by atoms with Crippen molar-refractivity contribution in [3.05, 3.63) is 76.6 Å². The number of aliphatic hydroxyl groups is 1. The summed E-state index contributed by atoms with van der Waals surface area (Å²) in [6.07, 6.45) is 5.77. The minimum absolute atomic E-state index is 0.0293. The highest BCUT2D eigenvalue weighted by Crippen LogP contribution is 2.41. The molecule has 194 valence electrons. The third-order valence-electron chi connectivity index (χ3n) is 6.50. The Morgan fingerprint density at radius 3 is 2.51 bits per heavy atom. The maximum Gasteiger partial charge on any atom is 0.355 e. The number of H-pyrrole nitrogens is 1. The van der Waals surface area contributed by atoms with Gasteiger partial charge in [-0.3, -0.25) is 9.59 Å². The molecule has 1 atom stereocenters. The molecule has 0 bridgehead atoms. The number of aliphatic hydroxyl groups excluding tert-OH is 1. The van der Waals surface area contributed by atoms with Gasteiger partial charge in [-0.05, 0) is 50.5 Å². The number of imidazole rings is 1. The van der Waals surface area contributed by atoms with Gasteiger partial charge in [-0.15, -0.1) is 0 Å². The van der Waals surface area contributed by atoms with Crippen molar-refractivity contribution in [1.82, 2.24) is 19.4 Å². The average molecular weight is 507 g/mol. The Kier molecular flexibility index (Phi) is 7.47. The zero-order valence-corrected chi connectivity index (χ0v) is 21.3. The lowest BCUT2D eigenvalue weighted by Crippen LogP contribution is -2.31. The molecule has 1 aliphatic rings. The fourth-order valence-corrected chi connectivity index (χ4v) is 4.73. The molecule has 37 heavy (non-hydrogen) atoms. The SMILES string of the molecule is CCOC(=O)c1[nH]c(C)c(/C(O)=C2\C(=O)C(=O)N(CCCn3ccnc3)[C@@H]2c2ccc(OC)cc2)c1C. The lowest BCUT2D eigenvalue weighted by Gasteiger charge is -2.25. The van der Waals surface area contributed by atoms with Gasteiger partial charge < -0.3 is 29.0 Å². The van der Waals surface area contributed by atoms with Gasteiger partial charge in [0.2, 0.25) is 0 Å². The quantitative estimate of drug-likeness (QED) is 0.197. The molecule has 2 N–H and O–H groups in total. The van der Waals surface area contributed by atoms with Gasteiger partial charge in [-0.25, -0.2) is 9.78 Å². The second-order valence-corrected chi connectivity index (χ2v) is 8.77. The van der Waals surface area contributed by atoms with Crippen LogP contribution in [0.1, 0.15) is 52.3 Å². The third-order valence-corrected chi connectivity index (χ3v) is 6.50. The fourth-order valence-electron chi connectivity index (χ4n) is 4.73. The Morgan fingerprint density at radius 1 is 1.16 bits per heavy atom. The first-order chi connectivity index (χ1) is 17.8. The Morgan fingerprint density at radius 2 is 1.89 bits per heavy atom. The van der Waals surface area contributed by atoms with E-state index in [2.05, 4.69) is 9.97 Å². The van der Waals surface area contributed by atoms with Crippen LogP contribution in [0.3, 0.4) is 0 Å². The molecule has 1 saturated heterocycles. The molecule has 10 heteroatoms. The zero-order chi connectivity index (χ0) is 26.7. The maximum atomic E-state index is 13.3. The zero-order valence-electron chi connectivity index (χ0n) is 21.3. The Balaban J connectivity index is 1.78. The van der Waals surface area contributed by atoms with Gasteiger partial charge in [0.15, 0.2) is 0 Å². The fraction of sp³-hybridized carbons (Fsp3) is 0.333. The summed E-state index contributed by atoms with van der Waals surface area (Å²) in [5.74, 6) is -1.74. The van der Waals surface area contributed by atoms with Crippen molar-refractivity contribution in [3.63, 3.8) is 0 Å². The van der Waals surface area contributed by atoms with Gasteiger partial charge in [0.05, 0.1) is 31.7 Å². The largest absolute Gasteiger partial charge is 0.507 e. The highest BCUT2D eigenvalue weighted by molar-refractivity contribution is 6.46. The first-order valence-corrected chi connectivity index (χ1v) is 12.0. The number of ketones is 1. The standard InChI is InChI=1S/C27H30N4O6/c1-5-37-27(35)22-16(2)20(17(3)29-22)24(32)21-23(18-7-9-19(36-4)10-8-18)31(26(34)25(21)33)13-6-12-30-14-11-28-15-30/h7-11,14-15,23,29,32H,5-6,12-13H2,1-4H3/b24-21+/t23-/m1/s1. The van der Waals surface area contributed by atoms with Crippen molar-refractivity contribution >= 4 is 23.4 Å². The van der Waals surface area contributed by atoms with E-state index in [1.54, 1.807) is 64.7 Å². The summed E-state index contributed by atoms with van der Waals surface area (Å²) in [7, 11) is 1.55. The number of Topliss-reactive ketones (excluding diaryl/α,β-unsaturated/α-hetero) is 1. The predicted molar refractivity (Wildman–Crippen MR) is 135 cm³/mol. The topological polar surface area (TPSA) is 127 Å². The molecule has 2 aromatic heterocycles. The van der Waals surface area contributed by atoms with Crippen LogP contribution in [0.4, 0.5) is 0 Å². The number of amides is 1. The van der Waals surface area contributed by atoms with Crippen LogP contribution >= 0.6 is 0 Å². The van der Waals surface area contributed by atoms with E-state index in [0.29, 0.717) is 41.1 Å². The normalized spacial score (nSPS) is 16.9. The van der Waals surface area contributed by atoms with Crippen molar-refractivity contribution in [1.29, 1.82) is 0 Å². The van der Waals surface area contributed by atoms with Crippen molar-refractivity contribution in [2.24, 2.45) is 0 Å². The second kappa shape index (κ2) is 10.7. The molecule has 4 rings (SSSR count). The van der Waals surface area contributed by atoms with Gasteiger partial charge in [0.25, 0.3) is 11.7 Å². The number of aromatic amines is 1. The van der Waals surface area contributed by atoms with E-state index < -0.39 is 23.7 Å². The number of likely N-dealkylation sites (tertiary alicyclic amines) is 1. The van der Waals surface area contributed by atoms with Gasteiger partial charge in [-0.1, -0.05) is 12.1 Å². The van der Waals surface area contributed by atoms with E-state index >= 15 is 0 Å². The first kappa shape index (κ1) is 25.7. The van der Waals surface area contributed by atoms with Crippen molar-refractivity contribution in [3.8, 4) is 5.75 Å². The van der Waals surface area contributed by atoms with Crippen LogP contribution in [0.5, 0.6) is 5.75 Å². The molecule has 3 aromatic rings. The second-order valence-electron chi connectivity index (χ2n) is 8.77. The van der Waals surface area contributed by atoms with Gasteiger partial charge >= 0.3 is 5.97 Å². The van der Waals surface area contributed by atoms with Crippen molar-refractivity contribution in [2.75, 3.05) is 20.3 Å². The maximum absolute atomic E-state index is 13.3. The number of rotatable bonds is 9. The Bertz CT molecular complexity index is 1340. The molecule has 0 radical (unpaired) electrons. The number of nitrogens with zero attached hydrogens (tertiary/aromatic N) is 3. The molecule has 3 heterocycles. The van der Waals surface area contributed by atoms with Crippen molar-refractivity contribution < 1.29 is 29.0 Å². The minimum Gasteiger partial charge on any atom is -0.507 e. The van der Waals surface area contributed by atoms with Gasteiger partial charge in [0.1, 0.15) is 17.2 Å². The first-order valence-electron chi connectivity index (χ1n) is 12.0. The third kappa shape index (κ3) is 4.87. The van der Waals surface area contributed by atoms with Crippen LogP contribution in [0.2, 0.25) is 0 Å². The summed E-state index contributed by atoms with van der Waals surface area (Å²) in [5, 5.41) is 11.5. The number of carbonyl (C=O) groups is 3. The summed E-state index contributed by atoms with van der Waals surface area (Å²) in [5.41, 5.74) is 2.04. The Hall–Kier alpha value is -4.34. The van der Waals surface area contributed by atoms with Gasteiger partial charge in [0, 0.05) is 36.7 Å². The number of benzene rings is 1. The highest BCUT2D eigenvalue weighted by Gasteiger charge is 2.46. The molecule has 0 saturated carbocycles. The van der Waals surface area contributed by atoms with Crippen LogP contribution < -0.4 is 4.74 Å². The van der Waals surface area contributed by atoms with Crippen LogP contribution in [-0.2, 0) is 20.9 Å². The number of hydrogen-bond donors (Lipinski definition) is 2. The number of aryl methyl sites for hydroxylation is 2. The van der Waals surface area contributed by atoms with E-state index in [-0.39, 0.29) is 30.2 Å². The van der Waals surface area contributed by atoms with E-state index in [9.17, 15) is 19.5 Å². The number of methoxy groups -OCH3 is 1. The van der Waals surface area contributed by atoms with Crippen LogP contribution in [-0.4, -0.2) is 62.5 Å². The summed E-state index contributed by atoms with van der Waals surface area (Å²) < 4.78 is 12.3. The molecule has 1 aromatic carbocycles. The lowest BCUT2D eigenvalue weighted by molar-refractivity contribution is -0.139. The number of aromatic nitrogens is 3. The molecular formula is C27H30N4O6. The number of nitrogens with one attached hydrogen (secondary N) is 1. The molecule has 1 amide bonds. The minimum atomic E-state index is -0.812. The molecule has 10 nitrogen and oxygen atoms in total. The summed E-state index contributed by atoms with van der Waals surface area (Å²) in [6, 6.07) is 6.21. The van der Waals surface area contributed by atoms with E-state index in [1.807, 2.05) is 10.8 Å². The highest BCUT2D eigenvalue weighted by atomic mass is 16.5. The molecule has 1 fully saturated rings. The van der Waals surface area contributed by atoms with Crippen LogP contribution in [0, 0.1) is 13.8 Å². The number of ether oxygens (including phenoxy) is 2. The lowest BCUT2D eigenvalue weighted by atomic mass is 9.94. The number of carbonyl (C=O) groups excluding carboxylic acids is 3. The van der Waals surface area contributed by atoms with E-state index in [4.69, 9.17) is 9.47 Å². The predicted octanol–water partition coefficient (Wildman–Crippen LogP) is 3.53. The summed E-state index contributed by atoms with van der Waals surface area (Å²) in [4.78, 5) is 47.4. The van der Waals surface area contributed by atoms with Gasteiger partial charge in [-0.2, -0.15) is 0 Å². The van der Waals surface area contributed by atoms with Crippen molar-refractivity contribution in [2.45, 2.75) is 39.8 Å². The summed E-state index contributed by atoms with van der Waals surface area (Å²) >= 11 is 0. The number of esters is 1. The molecule has 0 aliphatic carbocycles. The molecular weight excluding hydrogens is 476 g/mol. The van der Waals surface area contributed by atoms with Crippen LogP contribution in [0.25, 0.3) is 5.76 Å². The summed E-state index contributed by atoms with van der Waals surface area (Å²) in [6.45, 7) is 6.14. The van der Waals surface area contributed by atoms with E-state index in [1.165, 1.54) is 4.90 Å². The molecule has 0 unspecified atom stereocenters.